The summed E-state index contributed by atoms with van der Waals surface area (Å²) in [6, 6.07) is 14.3. The second-order valence-electron chi connectivity index (χ2n) is 20.1. The molecule has 6 rings (SSSR count). The number of fused-ring (bicyclic) bond motifs is 5. The maximum atomic E-state index is 15.5. The van der Waals surface area contributed by atoms with Crippen LogP contribution in [0.1, 0.15) is 116 Å². The van der Waals surface area contributed by atoms with Gasteiger partial charge in [0.25, 0.3) is 0 Å². The van der Waals surface area contributed by atoms with Gasteiger partial charge in [-0.05, 0) is 69.9 Å². The number of alkyl carbamates (subject to hydrolysis) is 1. The van der Waals surface area contributed by atoms with E-state index >= 15 is 4.79 Å². The molecule has 18 heteroatoms. The fraction of sp³-hybridized carbons (Fsp3) is 0.608. The Kier molecular flexibility index (Phi) is 17.0. The van der Waals surface area contributed by atoms with Crippen molar-refractivity contribution in [3.63, 3.8) is 0 Å². The van der Waals surface area contributed by atoms with Gasteiger partial charge in [-0.25, -0.2) is 14.4 Å². The molecule has 2 bridgehead atoms. The predicted molar refractivity (Wildman–Crippen MR) is 246 cm³/mol. The number of aliphatic hydroxyl groups is 2. The molecule has 12 atom stereocenters. The number of aliphatic hydroxyl groups excluding tert-OH is 1. The summed E-state index contributed by atoms with van der Waals surface area (Å²) in [7, 11) is 2.78. The molecule has 0 spiro atoms. The molecule has 1 heterocycles. The number of ether oxygens (including phenoxy) is 7. The van der Waals surface area contributed by atoms with Gasteiger partial charge >= 0.3 is 24.0 Å². The summed E-state index contributed by atoms with van der Waals surface area (Å²) >= 11 is 0. The van der Waals surface area contributed by atoms with Crippen LogP contribution < -0.4 is 16.2 Å². The second kappa shape index (κ2) is 21.4. The lowest BCUT2D eigenvalue weighted by Gasteiger charge is -2.67. The average molecular weight is 966 g/mol. The maximum Gasteiger partial charge on any atom is 0.408 e. The topological polar surface area (TPSA) is 269 Å². The largest absolute Gasteiger partial charge is 0.548 e. The fourth-order valence-electron chi connectivity index (χ4n) is 10.6. The first kappa shape index (κ1) is 54.7. The van der Waals surface area contributed by atoms with E-state index in [9.17, 15) is 39.3 Å². The Morgan fingerprint density at radius 3 is 2.09 bits per heavy atom. The van der Waals surface area contributed by atoms with E-state index in [1.165, 1.54) is 21.1 Å². The van der Waals surface area contributed by atoms with E-state index in [2.05, 4.69) is 5.32 Å². The summed E-state index contributed by atoms with van der Waals surface area (Å²) in [5.41, 5.74) is -1.58. The number of benzene rings is 2. The molecule has 69 heavy (non-hydrogen) atoms. The minimum atomic E-state index is -2.22. The highest BCUT2D eigenvalue weighted by Crippen LogP contribution is 2.64. The van der Waals surface area contributed by atoms with Crippen molar-refractivity contribution in [1.29, 1.82) is 0 Å². The number of hydrogen-bond donors (Lipinski definition) is 4. The Balaban J connectivity index is 0.000000895. The third-order valence-corrected chi connectivity index (χ3v) is 14.2. The lowest BCUT2D eigenvalue weighted by atomic mass is 9.44. The number of esters is 3. The van der Waals surface area contributed by atoms with Gasteiger partial charge in [0.05, 0.1) is 41.6 Å². The first-order chi connectivity index (χ1) is 32.2. The van der Waals surface area contributed by atoms with Crippen molar-refractivity contribution in [2.75, 3.05) is 20.8 Å². The highest BCUT2D eigenvalue weighted by Gasteiger charge is 2.78. The summed E-state index contributed by atoms with van der Waals surface area (Å²) < 4.78 is 42.4. The van der Waals surface area contributed by atoms with Crippen LogP contribution in [0, 0.1) is 16.7 Å². The number of nitrogens with one attached hydrogen (secondary N) is 1. The number of Topliss-reactive ketones (excluding diaryl/α,β-unsaturated/α-hetero) is 1. The molecule has 0 aromatic heterocycles. The normalized spacial score (nSPS) is 30.4. The Hall–Kier alpha value is -5.24. The molecule has 18 nitrogen and oxygen atoms in total. The molecule has 2 saturated carbocycles. The molecular formula is C51H69N2O16-. The number of methoxy groups -OCH3 is 2. The molecule has 380 valence electrons. The SMILES string of the molecule is CCCCC(N)C(=O)[O-].CO[C@H]1C(=O)[C@]2(C)[C@@H](OC)C[C@H]3OC[C@@]3(OC(C)=O)[C@H]2[C@H](OC(=O)c2ccccc2)[C@]2(O)C[C@H](OC(=O)[C@H](O)[C@@H](NC(=O)OC(C)(C)C)c3ccccc3)C(C)=C1C2(C)C. The van der Waals surface area contributed by atoms with Crippen molar-refractivity contribution in [3.8, 4) is 0 Å². The van der Waals surface area contributed by atoms with Crippen molar-refractivity contribution in [1.82, 2.24) is 5.32 Å². The number of carbonyl (C=O) groups excluding carboxylic acids is 6. The van der Waals surface area contributed by atoms with Crippen LogP contribution in [0.15, 0.2) is 71.8 Å². The number of aliphatic carboxylic acids is 1. The van der Waals surface area contributed by atoms with Gasteiger partial charge in [0, 0.05) is 45.4 Å². The van der Waals surface area contributed by atoms with Gasteiger partial charge in [0.1, 0.15) is 35.6 Å². The number of carboxylic acid groups (broad SMARTS) is 1. The van der Waals surface area contributed by atoms with E-state index in [4.69, 9.17) is 38.9 Å². The van der Waals surface area contributed by atoms with Crippen molar-refractivity contribution in [2.24, 2.45) is 22.5 Å². The Morgan fingerprint density at radius 1 is 0.971 bits per heavy atom. The summed E-state index contributed by atoms with van der Waals surface area (Å²) in [6.07, 6.45) is -6.96. The van der Waals surface area contributed by atoms with E-state index in [0.29, 0.717) is 17.6 Å². The van der Waals surface area contributed by atoms with Gasteiger partial charge in [0.15, 0.2) is 17.5 Å². The fourth-order valence-corrected chi connectivity index (χ4v) is 10.6. The third-order valence-electron chi connectivity index (χ3n) is 14.2. The van der Waals surface area contributed by atoms with Crippen molar-refractivity contribution >= 4 is 35.8 Å². The van der Waals surface area contributed by atoms with Crippen LogP contribution in [-0.4, -0.2) is 126 Å². The van der Waals surface area contributed by atoms with Gasteiger partial charge in [-0.1, -0.05) is 82.1 Å². The Labute approximate surface area is 403 Å². The van der Waals surface area contributed by atoms with Crippen LogP contribution in [0.2, 0.25) is 0 Å². The summed E-state index contributed by atoms with van der Waals surface area (Å²) in [5, 5.41) is 37.9. The smallest absolute Gasteiger partial charge is 0.408 e. The Bertz CT molecular complexity index is 2230. The molecule has 2 aromatic carbocycles. The van der Waals surface area contributed by atoms with Gasteiger partial charge in [-0.15, -0.1) is 0 Å². The van der Waals surface area contributed by atoms with Crippen molar-refractivity contribution in [2.45, 2.75) is 160 Å². The van der Waals surface area contributed by atoms with E-state index in [1.54, 1.807) is 109 Å². The average Bonchev–Trinajstić information content (AvgIpc) is 3.28. The van der Waals surface area contributed by atoms with Crippen molar-refractivity contribution < 1.29 is 77.2 Å². The molecule has 4 aliphatic rings. The summed E-state index contributed by atoms with van der Waals surface area (Å²) in [5.74, 6) is -5.67. The predicted octanol–water partition coefficient (Wildman–Crippen LogP) is 3.82. The highest BCUT2D eigenvalue weighted by atomic mass is 16.6. The maximum absolute atomic E-state index is 15.5. The van der Waals surface area contributed by atoms with Crippen molar-refractivity contribution in [3.05, 3.63) is 82.9 Å². The van der Waals surface area contributed by atoms with Crippen LogP contribution in [0.5, 0.6) is 0 Å². The number of amides is 1. The first-order valence-corrected chi connectivity index (χ1v) is 23.3. The molecular weight excluding hydrogens is 897 g/mol. The molecule has 3 fully saturated rings. The zero-order valence-corrected chi connectivity index (χ0v) is 41.4. The molecule has 0 radical (unpaired) electrons. The molecule has 3 aliphatic carbocycles. The monoisotopic (exact) mass is 965 g/mol. The Morgan fingerprint density at radius 2 is 1.58 bits per heavy atom. The number of ketones is 1. The quantitative estimate of drug-likeness (QED) is 0.119. The lowest BCUT2D eigenvalue weighted by molar-refractivity contribution is -0.347. The molecule has 1 amide bonds. The molecule has 1 unspecified atom stereocenters. The minimum absolute atomic E-state index is 0.121. The van der Waals surface area contributed by atoms with E-state index in [1.807, 2.05) is 6.92 Å². The lowest BCUT2D eigenvalue weighted by Crippen LogP contribution is -2.82. The summed E-state index contributed by atoms with van der Waals surface area (Å²) in [6.45, 7) is 14.7. The zero-order valence-electron chi connectivity index (χ0n) is 41.4. The number of carbonyl (C=O) groups is 6. The third kappa shape index (κ3) is 10.8. The van der Waals surface area contributed by atoms with E-state index in [-0.39, 0.29) is 24.2 Å². The number of hydrogen-bond acceptors (Lipinski definition) is 17. The van der Waals surface area contributed by atoms with Gasteiger partial charge in [-0.3, -0.25) is 9.59 Å². The van der Waals surface area contributed by atoms with Gasteiger partial charge in [0.2, 0.25) is 0 Å². The van der Waals surface area contributed by atoms with Crippen LogP contribution in [-0.2, 0) is 52.3 Å². The van der Waals surface area contributed by atoms with Gasteiger partial charge < -0.3 is 64.3 Å². The number of unbranched alkanes of at least 4 members (excludes halogenated alkanes) is 1. The molecule has 2 aromatic rings. The summed E-state index contributed by atoms with van der Waals surface area (Å²) in [4.78, 5) is 80.1. The molecule has 1 aliphatic heterocycles. The van der Waals surface area contributed by atoms with Crippen LogP contribution in [0.3, 0.4) is 0 Å². The van der Waals surface area contributed by atoms with Crippen LogP contribution in [0.4, 0.5) is 4.79 Å². The number of carboxylic acids is 1. The number of rotatable bonds is 14. The number of nitrogens with two attached hydrogens (primary N) is 1. The van der Waals surface area contributed by atoms with Gasteiger partial charge in [-0.2, -0.15) is 0 Å². The molecule has 1 saturated heterocycles. The van der Waals surface area contributed by atoms with Crippen LogP contribution in [0.25, 0.3) is 0 Å². The first-order valence-electron chi connectivity index (χ1n) is 23.3. The van der Waals surface area contributed by atoms with E-state index in [0.717, 1.165) is 12.8 Å². The van der Waals surface area contributed by atoms with Crippen LogP contribution >= 0.6 is 0 Å². The minimum Gasteiger partial charge on any atom is -0.548 e. The second-order valence-corrected chi connectivity index (χ2v) is 20.1. The molecule has 5 N–H and O–H groups in total. The standard InChI is InChI=1S/C45H57NO14.C6H13NO2/c1-24-28(57-39(51)33(48)32(26-17-13-11-14-18-26)46-40(52)60-41(3,4)5)22-45(53)37(58-38(50)27-19-15-12-16-20-27)35-43(8,36(49)34(55-10)31(24)42(45,6)7)29(54-9)21-30-44(35,23-56-30)59-25(2)47;1-2-3-4-5(7)6(8)9/h11-20,28-30,32-35,37,48,53H,21-23H2,1-10H3,(H,46,52);5H,2-4,7H2,1H3,(H,8,9)/p-1/t28-,29-,30+,32-,33+,34+,35-,37-,43+,44-,45+;/m0./s1. The highest BCUT2D eigenvalue weighted by molar-refractivity contribution is 5.94. The zero-order chi connectivity index (χ0) is 51.4. The van der Waals surface area contributed by atoms with E-state index < -0.39 is 124 Å².